The molecular formula is C23H23NO4. The molecule has 2 aromatic carbocycles. The van der Waals surface area contributed by atoms with Crippen molar-refractivity contribution in [2.75, 3.05) is 0 Å². The number of ether oxygens (including phenoxy) is 1. The molecule has 1 unspecified atom stereocenters. The van der Waals surface area contributed by atoms with Crippen LogP contribution in [0.2, 0.25) is 0 Å². The molecule has 5 nitrogen and oxygen atoms in total. The Kier molecular flexibility index (Phi) is 5.47. The van der Waals surface area contributed by atoms with E-state index < -0.39 is 29.7 Å². The molecule has 0 radical (unpaired) electrons. The van der Waals surface area contributed by atoms with Crippen LogP contribution in [0.1, 0.15) is 42.7 Å². The summed E-state index contributed by atoms with van der Waals surface area (Å²) in [6, 6.07) is 16.0. The third kappa shape index (κ3) is 3.89. The van der Waals surface area contributed by atoms with Gasteiger partial charge in [-0.15, -0.1) is 6.58 Å². The lowest BCUT2D eigenvalue weighted by Gasteiger charge is -2.27. The molecule has 0 aromatic heterocycles. The minimum Gasteiger partial charge on any atom is -0.440 e. The second-order valence-electron chi connectivity index (χ2n) is 7.18. The summed E-state index contributed by atoms with van der Waals surface area (Å²) in [6.07, 6.45) is 2.95. The number of aliphatic hydroxyl groups is 1. The summed E-state index contributed by atoms with van der Waals surface area (Å²) in [6.45, 7) is 7.15. The minimum absolute atomic E-state index is 0.459. The third-order valence-corrected chi connectivity index (χ3v) is 4.71. The highest BCUT2D eigenvalue weighted by atomic mass is 16.6. The summed E-state index contributed by atoms with van der Waals surface area (Å²) in [7, 11) is 0. The van der Waals surface area contributed by atoms with Gasteiger partial charge in [0, 0.05) is 6.08 Å². The van der Waals surface area contributed by atoms with Crippen LogP contribution in [0.25, 0.3) is 6.08 Å². The van der Waals surface area contributed by atoms with E-state index in [9.17, 15) is 14.7 Å². The van der Waals surface area contributed by atoms with E-state index in [-0.39, 0.29) is 0 Å². The average molecular weight is 377 g/mol. The van der Waals surface area contributed by atoms with Gasteiger partial charge in [0.05, 0.1) is 6.10 Å². The van der Waals surface area contributed by atoms with Crippen LogP contribution in [0.3, 0.4) is 0 Å². The molecule has 0 saturated carbocycles. The number of imide groups is 1. The molecule has 1 saturated heterocycles. The molecule has 0 aliphatic carbocycles. The molecule has 28 heavy (non-hydrogen) atoms. The van der Waals surface area contributed by atoms with Crippen molar-refractivity contribution in [1.29, 1.82) is 0 Å². The lowest BCUT2D eigenvalue weighted by molar-refractivity contribution is -0.124. The van der Waals surface area contributed by atoms with Gasteiger partial charge >= 0.3 is 6.09 Å². The van der Waals surface area contributed by atoms with Gasteiger partial charge < -0.3 is 9.84 Å². The summed E-state index contributed by atoms with van der Waals surface area (Å²) in [5, 5.41) is 9.88. The van der Waals surface area contributed by atoms with Gasteiger partial charge in [0.15, 0.2) is 0 Å². The fraction of sp³-hybridized carbons (Fsp3) is 0.217. The average Bonchev–Trinajstić information content (AvgIpc) is 2.94. The van der Waals surface area contributed by atoms with Crippen molar-refractivity contribution in [3.05, 3.63) is 90.0 Å². The fourth-order valence-electron chi connectivity index (χ4n) is 3.38. The zero-order valence-corrected chi connectivity index (χ0v) is 15.9. The lowest BCUT2D eigenvalue weighted by atomic mass is 9.91. The molecule has 5 heteroatoms. The third-order valence-electron chi connectivity index (χ3n) is 4.71. The number of amides is 2. The standard InChI is InChI=1S/C23H23NO4/c1-4-19(25)18-12-8-9-16(15-18)13-14-20(26)24-21(17-10-6-5-7-11-17)23(2,3)28-22(24)27/h4-15,19,21,25H,1H2,2-3H3/b14-13+/t19?,21-/m1/s1. The Morgan fingerprint density at radius 1 is 1.21 bits per heavy atom. The molecule has 2 amide bonds. The van der Waals surface area contributed by atoms with Crippen LogP contribution < -0.4 is 0 Å². The summed E-state index contributed by atoms with van der Waals surface area (Å²) in [5.41, 5.74) is 1.40. The van der Waals surface area contributed by atoms with Crippen LogP contribution in [-0.4, -0.2) is 27.6 Å². The number of aliphatic hydroxyl groups excluding tert-OH is 1. The largest absolute Gasteiger partial charge is 0.440 e. The van der Waals surface area contributed by atoms with Crippen LogP contribution in [0.4, 0.5) is 4.79 Å². The quantitative estimate of drug-likeness (QED) is 0.619. The number of benzene rings is 2. The Hall–Kier alpha value is -3.18. The molecule has 1 heterocycles. The Morgan fingerprint density at radius 2 is 1.93 bits per heavy atom. The van der Waals surface area contributed by atoms with Crippen molar-refractivity contribution >= 4 is 18.1 Å². The number of hydrogen-bond acceptors (Lipinski definition) is 4. The molecule has 1 N–H and O–H groups in total. The Bertz CT molecular complexity index is 917. The summed E-state index contributed by atoms with van der Waals surface area (Å²) in [5.74, 6) is -0.459. The highest BCUT2D eigenvalue weighted by Gasteiger charge is 2.50. The molecule has 0 bridgehead atoms. The molecule has 3 rings (SSSR count). The van der Waals surface area contributed by atoms with E-state index in [0.29, 0.717) is 5.56 Å². The first-order valence-corrected chi connectivity index (χ1v) is 9.03. The van der Waals surface area contributed by atoms with Crippen LogP contribution in [0.15, 0.2) is 73.3 Å². The summed E-state index contributed by atoms with van der Waals surface area (Å²) < 4.78 is 5.45. The first kappa shape index (κ1) is 19.6. The van der Waals surface area contributed by atoms with Gasteiger partial charge in [-0.2, -0.15) is 0 Å². The van der Waals surface area contributed by atoms with Gasteiger partial charge in [0.1, 0.15) is 11.6 Å². The highest BCUT2D eigenvalue weighted by molar-refractivity contribution is 6.02. The van der Waals surface area contributed by atoms with E-state index >= 15 is 0 Å². The molecule has 2 atom stereocenters. The molecule has 1 aliphatic heterocycles. The topological polar surface area (TPSA) is 66.8 Å². The van der Waals surface area contributed by atoms with Crippen LogP contribution in [0.5, 0.6) is 0 Å². The Labute approximate surface area is 164 Å². The number of cyclic esters (lactones) is 1. The van der Waals surface area contributed by atoms with Gasteiger partial charge in [-0.05, 0) is 42.7 Å². The van der Waals surface area contributed by atoms with Crippen molar-refractivity contribution in [1.82, 2.24) is 4.90 Å². The molecule has 1 aliphatic rings. The monoisotopic (exact) mass is 377 g/mol. The molecule has 2 aromatic rings. The molecule has 144 valence electrons. The first-order valence-electron chi connectivity index (χ1n) is 9.03. The van der Waals surface area contributed by atoms with Crippen molar-refractivity contribution in [3.8, 4) is 0 Å². The van der Waals surface area contributed by atoms with E-state index in [1.807, 2.05) is 36.4 Å². The van der Waals surface area contributed by atoms with Gasteiger partial charge in [-0.1, -0.05) is 54.6 Å². The van der Waals surface area contributed by atoms with Gasteiger partial charge in [-0.3, -0.25) is 4.79 Å². The van der Waals surface area contributed by atoms with Crippen molar-refractivity contribution in [3.63, 3.8) is 0 Å². The molecule has 1 fully saturated rings. The maximum Gasteiger partial charge on any atom is 0.418 e. The fourth-order valence-corrected chi connectivity index (χ4v) is 3.38. The van der Waals surface area contributed by atoms with E-state index in [0.717, 1.165) is 16.0 Å². The highest BCUT2D eigenvalue weighted by Crippen LogP contribution is 2.41. The van der Waals surface area contributed by atoms with Gasteiger partial charge in [0.2, 0.25) is 0 Å². The Balaban J connectivity index is 1.87. The van der Waals surface area contributed by atoms with Crippen molar-refractivity contribution < 1.29 is 19.4 Å². The zero-order valence-electron chi connectivity index (χ0n) is 15.9. The van der Waals surface area contributed by atoms with Gasteiger partial charge in [0.25, 0.3) is 5.91 Å². The maximum atomic E-state index is 12.8. The predicted molar refractivity (Wildman–Crippen MR) is 107 cm³/mol. The molecular weight excluding hydrogens is 354 g/mol. The van der Waals surface area contributed by atoms with Crippen LogP contribution >= 0.6 is 0 Å². The SMILES string of the molecule is C=CC(O)c1cccc(/C=C/C(=O)N2C(=O)OC(C)(C)[C@H]2c2ccccc2)c1. The smallest absolute Gasteiger partial charge is 0.418 e. The second kappa shape index (κ2) is 7.82. The van der Waals surface area contributed by atoms with Crippen molar-refractivity contribution in [2.45, 2.75) is 31.6 Å². The Morgan fingerprint density at radius 3 is 2.61 bits per heavy atom. The van der Waals surface area contributed by atoms with Gasteiger partial charge in [-0.25, -0.2) is 9.69 Å². The predicted octanol–water partition coefficient (Wildman–Crippen LogP) is 4.42. The number of rotatable bonds is 5. The normalized spacial score (nSPS) is 19.5. The first-order chi connectivity index (χ1) is 13.3. The summed E-state index contributed by atoms with van der Waals surface area (Å²) >= 11 is 0. The second-order valence-corrected chi connectivity index (χ2v) is 7.18. The minimum atomic E-state index is -0.837. The molecule has 0 spiro atoms. The van der Waals surface area contributed by atoms with E-state index in [1.54, 1.807) is 38.1 Å². The number of hydrogen-bond donors (Lipinski definition) is 1. The van der Waals surface area contributed by atoms with Crippen molar-refractivity contribution in [2.24, 2.45) is 0 Å². The lowest BCUT2D eigenvalue weighted by Crippen LogP contribution is -2.37. The zero-order chi connectivity index (χ0) is 20.3. The van der Waals surface area contributed by atoms with Crippen LogP contribution in [-0.2, 0) is 9.53 Å². The number of nitrogens with zero attached hydrogens (tertiary/aromatic N) is 1. The van der Waals surface area contributed by atoms with E-state index in [1.165, 1.54) is 12.2 Å². The van der Waals surface area contributed by atoms with Crippen LogP contribution in [0, 0.1) is 0 Å². The number of carbonyl (C=O) groups is 2. The number of carbonyl (C=O) groups excluding carboxylic acids is 2. The maximum absolute atomic E-state index is 12.8. The summed E-state index contributed by atoms with van der Waals surface area (Å²) in [4.78, 5) is 26.4. The van der Waals surface area contributed by atoms with E-state index in [4.69, 9.17) is 4.74 Å². The van der Waals surface area contributed by atoms with E-state index in [2.05, 4.69) is 6.58 Å².